The van der Waals surface area contributed by atoms with E-state index in [0.717, 1.165) is 29.9 Å². The van der Waals surface area contributed by atoms with Crippen LogP contribution < -0.4 is 5.32 Å². The molecule has 0 aliphatic heterocycles. The maximum atomic E-state index is 12.9. The van der Waals surface area contributed by atoms with Gasteiger partial charge in [-0.2, -0.15) is 0 Å². The molecule has 0 bridgehead atoms. The van der Waals surface area contributed by atoms with E-state index < -0.39 is 5.82 Å². The van der Waals surface area contributed by atoms with Crippen molar-refractivity contribution in [1.82, 2.24) is 9.97 Å². The average Bonchev–Trinajstić information content (AvgIpc) is 3.19. The van der Waals surface area contributed by atoms with Gasteiger partial charge in [-0.15, -0.1) is 0 Å². The van der Waals surface area contributed by atoms with Crippen LogP contribution in [0, 0.1) is 24.6 Å². The van der Waals surface area contributed by atoms with Gasteiger partial charge in [0.05, 0.1) is 12.4 Å². The highest BCUT2D eigenvalue weighted by Gasteiger charge is 2.39. The normalized spacial score (nSPS) is 20.1. The number of aryl methyl sites for hydroxylation is 1. The fourth-order valence-electron chi connectivity index (χ4n) is 2.31. The lowest BCUT2D eigenvalue weighted by Gasteiger charge is -2.09. The molecule has 1 aromatic heterocycles. The zero-order chi connectivity index (χ0) is 15.0. The van der Waals surface area contributed by atoms with Crippen LogP contribution in [-0.4, -0.2) is 15.9 Å². The number of nitrogens with zero attached hydrogens (tertiary/aromatic N) is 2. The predicted molar refractivity (Wildman–Crippen MR) is 78.1 cm³/mol. The minimum atomic E-state index is -0.469. The van der Waals surface area contributed by atoms with Crippen molar-refractivity contribution in [3.63, 3.8) is 0 Å². The molecule has 4 nitrogen and oxygen atoms in total. The molecule has 2 atom stereocenters. The molecule has 5 heteroatoms. The van der Waals surface area contributed by atoms with E-state index in [1.807, 2.05) is 25.1 Å². The number of halogens is 1. The van der Waals surface area contributed by atoms with E-state index in [0.29, 0.717) is 17.4 Å². The van der Waals surface area contributed by atoms with Crippen LogP contribution in [0.4, 0.5) is 10.1 Å². The highest BCUT2D eigenvalue weighted by Crippen LogP contribution is 2.38. The van der Waals surface area contributed by atoms with Gasteiger partial charge < -0.3 is 5.32 Å². The van der Waals surface area contributed by atoms with Crippen LogP contribution in [0.2, 0.25) is 0 Å². The topological polar surface area (TPSA) is 54.9 Å². The number of nitrogens with one attached hydrogen (secondary N) is 1. The minimum Gasteiger partial charge on any atom is -0.326 e. The van der Waals surface area contributed by atoms with Gasteiger partial charge in [0.1, 0.15) is 0 Å². The van der Waals surface area contributed by atoms with Crippen LogP contribution in [0.5, 0.6) is 0 Å². The van der Waals surface area contributed by atoms with E-state index in [1.165, 1.54) is 0 Å². The van der Waals surface area contributed by atoms with Crippen molar-refractivity contribution in [3.8, 4) is 11.4 Å². The van der Waals surface area contributed by atoms with E-state index in [4.69, 9.17) is 0 Å². The van der Waals surface area contributed by atoms with Gasteiger partial charge >= 0.3 is 0 Å². The highest BCUT2D eigenvalue weighted by atomic mass is 19.1. The fourth-order valence-corrected chi connectivity index (χ4v) is 2.31. The standard InChI is InChI=1S/C16H16FN3O/c1-9-3-4-12(20-16(21)14-5-10(14)2)6-13(9)15-18-7-11(17)8-19-15/h3-4,6-8,10,14H,5H2,1-2H3,(H,20,21)/t10-,14?/m0/s1. The second-order valence-corrected chi connectivity index (χ2v) is 5.56. The summed E-state index contributed by atoms with van der Waals surface area (Å²) >= 11 is 0. The number of carbonyl (C=O) groups excluding carboxylic acids is 1. The molecule has 1 unspecified atom stereocenters. The molecule has 21 heavy (non-hydrogen) atoms. The maximum Gasteiger partial charge on any atom is 0.227 e. The Labute approximate surface area is 122 Å². The van der Waals surface area contributed by atoms with E-state index in [-0.39, 0.29) is 11.8 Å². The number of aromatic nitrogens is 2. The van der Waals surface area contributed by atoms with Crippen molar-refractivity contribution >= 4 is 11.6 Å². The fraction of sp³-hybridized carbons (Fsp3) is 0.312. The first-order chi connectivity index (χ1) is 10.0. The summed E-state index contributed by atoms with van der Waals surface area (Å²) in [7, 11) is 0. The molecule has 3 rings (SSSR count). The van der Waals surface area contributed by atoms with Crippen LogP contribution in [0.15, 0.2) is 30.6 Å². The number of amides is 1. The third-order valence-corrected chi connectivity index (χ3v) is 3.81. The molecule has 0 saturated heterocycles. The Kier molecular flexibility index (Phi) is 3.41. The summed E-state index contributed by atoms with van der Waals surface area (Å²) in [5.41, 5.74) is 2.48. The number of carbonyl (C=O) groups is 1. The SMILES string of the molecule is Cc1ccc(NC(=O)C2C[C@@H]2C)cc1-c1ncc(F)cn1. The molecule has 1 aliphatic carbocycles. The Balaban J connectivity index is 1.85. The summed E-state index contributed by atoms with van der Waals surface area (Å²) in [6, 6.07) is 5.58. The van der Waals surface area contributed by atoms with Crippen LogP contribution >= 0.6 is 0 Å². The zero-order valence-electron chi connectivity index (χ0n) is 11.9. The van der Waals surface area contributed by atoms with Gasteiger partial charge in [-0.3, -0.25) is 4.79 Å². The average molecular weight is 285 g/mol. The van der Waals surface area contributed by atoms with Crippen LogP contribution in [0.3, 0.4) is 0 Å². The summed E-state index contributed by atoms with van der Waals surface area (Å²) in [5, 5.41) is 2.91. The largest absolute Gasteiger partial charge is 0.326 e. The maximum absolute atomic E-state index is 12.9. The van der Waals surface area contributed by atoms with E-state index >= 15 is 0 Å². The third-order valence-electron chi connectivity index (χ3n) is 3.81. The number of benzene rings is 1. The summed E-state index contributed by atoms with van der Waals surface area (Å²) in [6.45, 7) is 3.99. The number of anilines is 1. The third kappa shape index (κ3) is 2.91. The summed E-state index contributed by atoms with van der Waals surface area (Å²) in [5.74, 6) is 0.623. The van der Waals surface area contributed by atoms with Crippen LogP contribution in [-0.2, 0) is 4.79 Å². The monoisotopic (exact) mass is 285 g/mol. The number of rotatable bonds is 3. The smallest absolute Gasteiger partial charge is 0.227 e. The quantitative estimate of drug-likeness (QED) is 0.942. The first-order valence-corrected chi connectivity index (χ1v) is 6.94. The molecular weight excluding hydrogens is 269 g/mol. The molecule has 1 N–H and O–H groups in total. The van der Waals surface area contributed by atoms with Crippen molar-refractivity contribution < 1.29 is 9.18 Å². The molecule has 1 amide bonds. The van der Waals surface area contributed by atoms with Crippen LogP contribution in [0.1, 0.15) is 18.9 Å². The molecule has 108 valence electrons. The van der Waals surface area contributed by atoms with Gasteiger partial charge in [-0.25, -0.2) is 14.4 Å². The second-order valence-electron chi connectivity index (χ2n) is 5.56. The Morgan fingerprint density at radius 3 is 2.62 bits per heavy atom. The summed E-state index contributed by atoms with van der Waals surface area (Å²) in [6.07, 6.45) is 3.23. The van der Waals surface area contributed by atoms with E-state index in [1.54, 1.807) is 0 Å². The molecule has 0 spiro atoms. The lowest BCUT2D eigenvalue weighted by molar-refractivity contribution is -0.117. The van der Waals surface area contributed by atoms with Gasteiger partial charge in [-0.1, -0.05) is 13.0 Å². The summed E-state index contributed by atoms with van der Waals surface area (Å²) in [4.78, 5) is 20.0. The van der Waals surface area contributed by atoms with Crippen molar-refractivity contribution in [2.45, 2.75) is 20.3 Å². The van der Waals surface area contributed by atoms with E-state index in [2.05, 4.69) is 22.2 Å². The molecule has 0 radical (unpaired) electrons. The van der Waals surface area contributed by atoms with Gasteiger partial charge in [-0.05, 0) is 37.0 Å². The number of hydrogen-bond acceptors (Lipinski definition) is 3. The van der Waals surface area contributed by atoms with Crippen LogP contribution in [0.25, 0.3) is 11.4 Å². The minimum absolute atomic E-state index is 0.0531. The van der Waals surface area contributed by atoms with Crippen molar-refractivity contribution in [2.75, 3.05) is 5.32 Å². The highest BCUT2D eigenvalue weighted by molar-refractivity contribution is 5.95. The Hall–Kier alpha value is -2.30. The first-order valence-electron chi connectivity index (χ1n) is 6.94. The predicted octanol–water partition coefficient (Wildman–Crippen LogP) is 3.19. The van der Waals surface area contributed by atoms with Crippen molar-refractivity contribution in [1.29, 1.82) is 0 Å². The second kappa shape index (κ2) is 5.24. The van der Waals surface area contributed by atoms with E-state index in [9.17, 15) is 9.18 Å². The Bertz CT molecular complexity index is 684. The Morgan fingerprint density at radius 2 is 2.00 bits per heavy atom. The summed E-state index contributed by atoms with van der Waals surface area (Å²) < 4.78 is 12.9. The first kappa shape index (κ1) is 13.7. The van der Waals surface area contributed by atoms with Gasteiger partial charge in [0, 0.05) is 17.2 Å². The van der Waals surface area contributed by atoms with Gasteiger partial charge in [0.15, 0.2) is 11.6 Å². The number of hydrogen-bond donors (Lipinski definition) is 1. The molecular formula is C16H16FN3O. The lowest BCUT2D eigenvalue weighted by atomic mass is 10.1. The molecule has 1 saturated carbocycles. The lowest BCUT2D eigenvalue weighted by Crippen LogP contribution is -2.14. The van der Waals surface area contributed by atoms with Crippen molar-refractivity contribution in [2.24, 2.45) is 11.8 Å². The molecule has 1 aliphatic rings. The molecule has 1 aromatic carbocycles. The Morgan fingerprint density at radius 1 is 1.33 bits per heavy atom. The molecule has 1 fully saturated rings. The van der Waals surface area contributed by atoms with Gasteiger partial charge in [0.2, 0.25) is 5.91 Å². The molecule has 1 heterocycles. The zero-order valence-corrected chi connectivity index (χ0v) is 11.9. The van der Waals surface area contributed by atoms with Gasteiger partial charge in [0.25, 0.3) is 0 Å². The molecule has 2 aromatic rings. The van der Waals surface area contributed by atoms with Crippen molar-refractivity contribution in [3.05, 3.63) is 42.0 Å².